The lowest BCUT2D eigenvalue weighted by molar-refractivity contribution is -0.142. The van der Waals surface area contributed by atoms with E-state index in [1.54, 1.807) is 11.3 Å². The minimum Gasteiger partial charge on any atom is -0.480 e. The third-order valence-electron chi connectivity index (χ3n) is 4.69. The number of carboxylic acids is 1. The first-order chi connectivity index (χ1) is 11.5. The highest BCUT2D eigenvalue weighted by Crippen LogP contribution is 2.39. The second kappa shape index (κ2) is 7.38. The van der Waals surface area contributed by atoms with Gasteiger partial charge in [0.2, 0.25) is 0 Å². The topological polar surface area (TPSA) is 40.5 Å². The molecular formula is C19H22BrNO2S. The Morgan fingerprint density at radius 1 is 1.21 bits per heavy atom. The van der Waals surface area contributed by atoms with Crippen LogP contribution in [0.5, 0.6) is 0 Å². The van der Waals surface area contributed by atoms with Gasteiger partial charge in [-0.3, -0.25) is 9.69 Å². The molecule has 2 heterocycles. The fourth-order valence-corrected chi connectivity index (χ4v) is 4.99. The number of aliphatic carboxylic acids is 1. The number of hydrogen-bond donors (Lipinski definition) is 1. The molecule has 2 atom stereocenters. The molecule has 1 saturated heterocycles. The maximum Gasteiger partial charge on any atom is 0.320 e. The van der Waals surface area contributed by atoms with E-state index in [0.29, 0.717) is 5.92 Å². The minimum atomic E-state index is -0.716. The first-order valence-corrected chi connectivity index (χ1v) is 9.92. The van der Waals surface area contributed by atoms with Crippen molar-refractivity contribution in [1.82, 2.24) is 4.90 Å². The van der Waals surface area contributed by atoms with Crippen LogP contribution in [0.1, 0.15) is 54.7 Å². The number of hydrogen-bond acceptors (Lipinski definition) is 3. The van der Waals surface area contributed by atoms with Crippen molar-refractivity contribution in [3.8, 4) is 0 Å². The molecule has 1 aromatic carbocycles. The monoisotopic (exact) mass is 407 g/mol. The Hall–Kier alpha value is -1.17. The molecular weight excluding hydrogens is 386 g/mol. The smallest absolute Gasteiger partial charge is 0.320 e. The zero-order chi connectivity index (χ0) is 17.3. The van der Waals surface area contributed by atoms with E-state index < -0.39 is 12.0 Å². The Morgan fingerprint density at radius 2 is 1.88 bits per heavy atom. The average molecular weight is 408 g/mol. The van der Waals surface area contributed by atoms with Gasteiger partial charge < -0.3 is 5.11 Å². The Morgan fingerprint density at radius 3 is 2.42 bits per heavy atom. The highest BCUT2D eigenvalue weighted by Gasteiger charge is 2.37. The summed E-state index contributed by atoms with van der Waals surface area (Å²) < 4.78 is 1.08. The molecule has 0 spiro atoms. The van der Waals surface area contributed by atoms with Crippen molar-refractivity contribution in [1.29, 1.82) is 0 Å². The zero-order valence-corrected chi connectivity index (χ0v) is 16.3. The van der Waals surface area contributed by atoms with Crippen LogP contribution >= 0.6 is 27.3 Å². The number of likely N-dealkylation sites (tertiary alicyclic amines) is 1. The minimum absolute atomic E-state index is 0.00566. The molecule has 2 aromatic rings. The van der Waals surface area contributed by atoms with Gasteiger partial charge in [-0.25, -0.2) is 0 Å². The van der Waals surface area contributed by atoms with E-state index in [1.165, 1.54) is 16.0 Å². The summed E-state index contributed by atoms with van der Waals surface area (Å²) in [7, 11) is 0. The molecule has 1 fully saturated rings. The van der Waals surface area contributed by atoms with Crippen LogP contribution in [0.25, 0.3) is 0 Å². The van der Waals surface area contributed by atoms with Gasteiger partial charge in [-0.15, -0.1) is 11.3 Å². The molecule has 128 valence electrons. The fraction of sp³-hybridized carbons (Fsp3) is 0.421. The third-order valence-corrected chi connectivity index (χ3v) is 6.37. The van der Waals surface area contributed by atoms with Crippen LogP contribution in [-0.4, -0.2) is 28.6 Å². The molecule has 0 amide bonds. The number of nitrogens with zero attached hydrogens (tertiary/aromatic N) is 1. The van der Waals surface area contributed by atoms with Crippen LogP contribution in [-0.2, 0) is 4.79 Å². The van der Waals surface area contributed by atoms with Crippen molar-refractivity contribution in [2.24, 2.45) is 0 Å². The number of halogens is 1. The summed E-state index contributed by atoms with van der Waals surface area (Å²) >= 11 is 5.22. The molecule has 5 heteroatoms. The predicted octanol–water partition coefficient (Wildman–Crippen LogP) is 5.27. The molecule has 1 N–H and O–H groups in total. The van der Waals surface area contributed by atoms with E-state index in [0.717, 1.165) is 23.2 Å². The maximum absolute atomic E-state index is 11.7. The Balaban J connectivity index is 2.00. The van der Waals surface area contributed by atoms with E-state index in [2.05, 4.69) is 65.0 Å². The SMILES string of the molecule is CC(C)c1ccc(C(c2ccc(Br)s2)N2CCCC2C(=O)O)cc1. The molecule has 24 heavy (non-hydrogen) atoms. The van der Waals surface area contributed by atoms with Gasteiger partial charge in [-0.1, -0.05) is 38.1 Å². The van der Waals surface area contributed by atoms with E-state index in [9.17, 15) is 9.90 Å². The molecule has 2 unspecified atom stereocenters. The summed E-state index contributed by atoms with van der Waals surface area (Å²) in [4.78, 5) is 15.0. The lowest BCUT2D eigenvalue weighted by Crippen LogP contribution is -2.39. The first-order valence-electron chi connectivity index (χ1n) is 8.31. The van der Waals surface area contributed by atoms with Gasteiger partial charge in [-0.2, -0.15) is 0 Å². The van der Waals surface area contributed by atoms with Crippen LogP contribution in [0.2, 0.25) is 0 Å². The van der Waals surface area contributed by atoms with Gasteiger partial charge in [-0.05, 0) is 57.9 Å². The highest BCUT2D eigenvalue weighted by atomic mass is 79.9. The average Bonchev–Trinajstić information content (AvgIpc) is 3.18. The summed E-state index contributed by atoms with van der Waals surface area (Å²) in [5, 5.41) is 9.60. The van der Waals surface area contributed by atoms with E-state index in [1.807, 2.05) is 6.07 Å². The second-order valence-electron chi connectivity index (χ2n) is 6.60. The lowest BCUT2D eigenvalue weighted by Gasteiger charge is -2.31. The number of carbonyl (C=O) groups is 1. The van der Waals surface area contributed by atoms with Crippen molar-refractivity contribution < 1.29 is 9.90 Å². The second-order valence-corrected chi connectivity index (χ2v) is 9.09. The summed E-state index contributed by atoms with van der Waals surface area (Å²) in [6, 6.07) is 12.4. The normalized spacial score (nSPS) is 19.8. The molecule has 0 aliphatic carbocycles. The predicted molar refractivity (Wildman–Crippen MR) is 102 cm³/mol. The summed E-state index contributed by atoms with van der Waals surface area (Å²) in [6.45, 7) is 5.19. The molecule has 3 rings (SSSR count). The lowest BCUT2D eigenvalue weighted by atomic mass is 9.97. The standard InChI is InChI=1S/C19H22BrNO2S/c1-12(2)13-5-7-14(8-6-13)18(16-9-10-17(20)24-16)21-11-3-4-15(21)19(22)23/h5-10,12,15,18H,3-4,11H2,1-2H3,(H,22,23). The number of rotatable bonds is 5. The number of thiophene rings is 1. The zero-order valence-electron chi connectivity index (χ0n) is 13.9. The van der Waals surface area contributed by atoms with Crippen molar-refractivity contribution in [2.45, 2.75) is 44.7 Å². The Bertz CT molecular complexity index is 710. The molecule has 0 bridgehead atoms. The van der Waals surface area contributed by atoms with Crippen molar-refractivity contribution in [2.75, 3.05) is 6.54 Å². The molecule has 1 aromatic heterocycles. The quantitative estimate of drug-likeness (QED) is 0.733. The van der Waals surface area contributed by atoms with Gasteiger partial charge in [0.15, 0.2) is 0 Å². The molecule has 3 nitrogen and oxygen atoms in total. The summed E-state index contributed by atoms with van der Waals surface area (Å²) in [5.74, 6) is -0.223. The van der Waals surface area contributed by atoms with Gasteiger partial charge >= 0.3 is 5.97 Å². The molecule has 0 saturated carbocycles. The summed E-state index contributed by atoms with van der Waals surface area (Å²) in [5.41, 5.74) is 2.47. The molecule has 1 aliphatic rings. The van der Waals surface area contributed by atoms with Gasteiger partial charge in [0, 0.05) is 11.4 Å². The van der Waals surface area contributed by atoms with Crippen molar-refractivity contribution >= 4 is 33.2 Å². The van der Waals surface area contributed by atoms with Crippen molar-refractivity contribution in [3.63, 3.8) is 0 Å². The van der Waals surface area contributed by atoms with Crippen molar-refractivity contribution in [3.05, 3.63) is 56.2 Å². The Labute approximate surface area is 155 Å². The van der Waals surface area contributed by atoms with E-state index in [-0.39, 0.29) is 6.04 Å². The maximum atomic E-state index is 11.7. The molecule has 0 radical (unpaired) electrons. The van der Waals surface area contributed by atoms with Gasteiger partial charge in [0.25, 0.3) is 0 Å². The van der Waals surface area contributed by atoms with Crippen LogP contribution in [0.4, 0.5) is 0 Å². The van der Waals surface area contributed by atoms with Crippen LogP contribution in [0.15, 0.2) is 40.2 Å². The van der Waals surface area contributed by atoms with E-state index >= 15 is 0 Å². The third kappa shape index (κ3) is 3.58. The summed E-state index contributed by atoms with van der Waals surface area (Å²) in [6.07, 6.45) is 1.66. The van der Waals surface area contributed by atoms with Gasteiger partial charge in [0.1, 0.15) is 6.04 Å². The fourth-order valence-electron chi connectivity index (χ4n) is 3.42. The number of carboxylic acid groups (broad SMARTS) is 1. The van der Waals surface area contributed by atoms with Crippen LogP contribution in [0.3, 0.4) is 0 Å². The largest absolute Gasteiger partial charge is 0.480 e. The highest BCUT2D eigenvalue weighted by molar-refractivity contribution is 9.11. The van der Waals surface area contributed by atoms with E-state index in [4.69, 9.17) is 0 Å². The Kier molecular flexibility index (Phi) is 5.42. The number of benzene rings is 1. The molecule has 1 aliphatic heterocycles. The van der Waals surface area contributed by atoms with Crippen LogP contribution < -0.4 is 0 Å². The van der Waals surface area contributed by atoms with Crippen LogP contribution in [0, 0.1) is 0 Å². The first kappa shape index (κ1) is 17.6. The van der Waals surface area contributed by atoms with Gasteiger partial charge in [0.05, 0.1) is 9.83 Å².